The van der Waals surface area contributed by atoms with Crippen LogP contribution in [0.2, 0.25) is 0 Å². The molecule has 0 aliphatic heterocycles. The highest BCUT2D eigenvalue weighted by molar-refractivity contribution is 5.68. The van der Waals surface area contributed by atoms with Crippen LogP contribution in [0.4, 0.5) is 0 Å². The van der Waals surface area contributed by atoms with Gasteiger partial charge in [-0.2, -0.15) is 0 Å². The molecule has 0 heterocycles. The van der Waals surface area contributed by atoms with Gasteiger partial charge in [-0.1, -0.05) is 46.5 Å². The minimum atomic E-state index is -0.0633. The molecule has 0 bridgehead atoms. The summed E-state index contributed by atoms with van der Waals surface area (Å²) in [4.78, 5) is 11.0. The number of hydrogen-bond donors (Lipinski definition) is 0. The zero-order valence-electron chi connectivity index (χ0n) is 10.6. The number of hydrogen-bond acceptors (Lipinski definition) is 2. The molecule has 0 aromatic heterocycles. The topological polar surface area (TPSA) is 26.3 Å². The van der Waals surface area contributed by atoms with Crippen LogP contribution in [0, 0.1) is 5.92 Å². The van der Waals surface area contributed by atoms with E-state index in [0.29, 0.717) is 18.9 Å². The first-order valence-corrected chi connectivity index (χ1v) is 6.40. The van der Waals surface area contributed by atoms with Gasteiger partial charge < -0.3 is 4.74 Å². The molecule has 2 heteroatoms. The zero-order chi connectivity index (χ0) is 11.5. The largest absolute Gasteiger partial charge is 0.465 e. The lowest BCUT2D eigenvalue weighted by atomic mass is 9.97. The first-order valence-electron chi connectivity index (χ1n) is 6.40. The highest BCUT2D eigenvalue weighted by Crippen LogP contribution is 2.16. The van der Waals surface area contributed by atoms with E-state index in [1.165, 1.54) is 38.5 Å². The van der Waals surface area contributed by atoms with E-state index in [-0.39, 0.29) is 5.97 Å². The molecule has 1 atom stereocenters. The van der Waals surface area contributed by atoms with Crippen LogP contribution in [-0.2, 0) is 9.53 Å². The maximum atomic E-state index is 11.0. The maximum absolute atomic E-state index is 11.0. The van der Waals surface area contributed by atoms with Crippen LogP contribution in [0.25, 0.3) is 0 Å². The number of ether oxygens (including phenoxy) is 1. The molecule has 0 aromatic carbocycles. The molecule has 0 aliphatic rings. The van der Waals surface area contributed by atoms with Crippen molar-refractivity contribution in [1.82, 2.24) is 0 Å². The van der Waals surface area contributed by atoms with Gasteiger partial charge >= 0.3 is 5.97 Å². The molecule has 0 fully saturated rings. The molecular weight excluding hydrogens is 188 g/mol. The summed E-state index contributed by atoms with van der Waals surface area (Å²) < 4.78 is 5.20. The number of carbonyl (C=O) groups excluding carboxylic acids is 1. The second-order valence-electron chi connectivity index (χ2n) is 4.19. The molecule has 0 aliphatic carbocycles. The highest BCUT2D eigenvalue weighted by Gasteiger charge is 2.09. The van der Waals surface area contributed by atoms with E-state index in [1.54, 1.807) is 0 Å². The van der Waals surface area contributed by atoms with Crippen LogP contribution in [-0.4, -0.2) is 12.6 Å². The Morgan fingerprint density at radius 1 is 1.07 bits per heavy atom. The molecule has 0 amide bonds. The van der Waals surface area contributed by atoms with Gasteiger partial charge in [-0.15, -0.1) is 0 Å². The van der Waals surface area contributed by atoms with E-state index >= 15 is 0 Å². The first kappa shape index (κ1) is 14.5. The Morgan fingerprint density at radius 3 is 2.33 bits per heavy atom. The lowest BCUT2D eigenvalue weighted by Gasteiger charge is -2.15. The fraction of sp³-hybridized carbons (Fsp3) is 0.923. The summed E-state index contributed by atoms with van der Waals surface area (Å²) in [5.74, 6) is 0.517. The van der Waals surface area contributed by atoms with Gasteiger partial charge in [-0.25, -0.2) is 0 Å². The van der Waals surface area contributed by atoms with E-state index in [9.17, 15) is 4.79 Å². The zero-order valence-corrected chi connectivity index (χ0v) is 10.6. The van der Waals surface area contributed by atoms with Crippen LogP contribution in [0.3, 0.4) is 0 Å². The summed E-state index contributed by atoms with van der Waals surface area (Å²) in [6.45, 7) is 6.87. The molecule has 0 saturated heterocycles. The minimum Gasteiger partial charge on any atom is -0.465 e. The SMILES string of the molecule is CCCCCC(CCC)COC(=O)CC. The molecule has 2 nitrogen and oxygen atoms in total. The van der Waals surface area contributed by atoms with Crippen LogP contribution in [0.5, 0.6) is 0 Å². The number of carbonyl (C=O) groups is 1. The standard InChI is InChI=1S/C13H26O2/c1-4-7-8-10-12(9-5-2)11-15-13(14)6-3/h12H,4-11H2,1-3H3. The van der Waals surface area contributed by atoms with Crippen molar-refractivity contribution in [3.63, 3.8) is 0 Å². The third-order valence-corrected chi connectivity index (χ3v) is 2.68. The smallest absolute Gasteiger partial charge is 0.305 e. The molecule has 15 heavy (non-hydrogen) atoms. The van der Waals surface area contributed by atoms with Crippen molar-refractivity contribution >= 4 is 5.97 Å². The summed E-state index contributed by atoms with van der Waals surface area (Å²) in [5.41, 5.74) is 0. The van der Waals surface area contributed by atoms with Crippen molar-refractivity contribution in [2.45, 2.75) is 65.7 Å². The third kappa shape index (κ3) is 8.46. The van der Waals surface area contributed by atoms with Gasteiger partial charge in [0.1, 0.15) is 0 Å². The van der Waals surface area contributed by atoms with Gasteiger partial charge in [0.05, 0.1) is 6.61 Å². The fourth-order valence-corrected chi connectivity index (χ4v) is 1.72. The quantitative estimate of drug-likeness (QED) is 0.429. The van der Waals surface area contributed by atoms with Gasteiger partial charge in [0.25, 0.3) is 0 Å². The first-order chi connectivity index (χ1) is 7.24. The fourth-order valence-electron chi connectivity index (χ4n) is 1.72. The predicted octanol–water partition coefficient (Wildman–Crippen LogP) is 3.94. The van der Waals surface area contributed by atoms with Crippen LogP contribution in [0.1, 0.15) is 65.7 Å². The van der Waals surface area contributed by atoms with E-state index in [1.807, 2.05) is 6.92 Å². The third-order valence-electron chi connectivity index (χ3n) is 2.68. The van der Waals surface area contributed by atoms with Crippen molar-refractivity contribution in [2.24, 2.45) is 5.92 Å². The molecular formula is C13H26O2. The maximum Gasteiger partial charge on any atom is 0.305 e. The molecule has 0 spiro atoms. The molecule has 0 rings (SSSR count). The van der Waals surface area contributed by atoms with E-state index in [0.717, 1.165) is 0 Å². The van der Waals surface area contributed by atoms with E-state index < -0.39 is 0 Å². The van der Waals surface area contributed by atoms with E-state index in [2.05, 4.69) is 13.8 Å². The summed E-state index contributed by atoms with van der Waals surface area (Å²) in [5, 5.41) is 0. The molecule has 0 saturated carbocycles. The Bertz CT molecular complexity index is 155. The predicted molar refractivity (Wildman–Crippen MR) is 63.8 cm³/mol. The Labute approximate surface area is 94.4 Å². The molecule has 90 valence electrons. The van der Waals surface area contributed by atoms with Crippen LogP contribution >= 0.6 is 0 Å². The van der Waals surface area contributed by atoms with Gasteiger partial charge in [0.15, 0.2) is 0 Å². The Hall–Kier alpha value is -0.530. The second-order valence-corrected chi connectivity index (χ2v) is 4.19. The van der Waals surface area contributed by atoms with Crippen molar-refractivity contribution in [3.8, 4) is 0 Å². The van der Waals surface area contributed by atoms with E-state index in [4.69, 9.17) is 4.74 Å². The van der Waals surface area contributed by atoms with Crippen LogP contribution in [0.15, 0.2) is 0 Å². The molecule has 0 N–H and O–H groups in total. The molecule has 0 radical (unpaired) electrons. The molecule has 0 aromatic rings. The lowest BCUT2D eigenvalue weighted by molar-refractivity contribution is -0.144. The monoisotopic (exact) mass is 214 g/mol. The van der Waals surface area contributed by atoms with Crippen molar-refractivity contribution in [2.75, 3.05) is 6.61 Å². The van der Waals surface area contributed by atoms with Gasteiger partial charge in [0.2, 0.25) is 0 Å². The Kier molecular flexibility index (Phi) is 9.65. The second kappa shape index (κ2) is 10.0. The Morgan fingerprint density at radius 2 is 1.80 bits per heavy atom. The van der Waals surface area contributed by atoms with Crippen molar-refractivity contribution in [1.29, 1.82) is 0 Å². The summed E-state index contributed by atoms with van der Waals surface area (Å²) in [6.07, 6.45) is 7.88. The lowest BCUT2D eigenvalue weighted by Crippen LogP contribution is -2.13. The average molecular weight is 214 g/mol. The van der Waals surface area contributed by atoms with Crippen LogP contribution < -0.4 is 0 Å². The highest BCUT2D eigenvalue weighted by atomic mass is 16.5. The summed E-state index contributed by atoms with van der Waals surface area (Å²) in [6, 6.07) is 0. The average Bonchev–Trinajstić information content (AvgIpc) is 2.25. The minimum absolute atomic E-state index is 0.0633. The van der Waals surface area contributed by atoms with Crippen molar-refractivity contribution < 1.29 is 9.53 Å². The summed E-state index contributed by atoms with van der Waals surface area (Å²) >= 11 is 0. The van der Waals surface area contributed by atoms with Gasteiger partial charge in [-0.3, -0.25) is 4.79 Å². The Balaban J connectivity index is 3.66. The normalized spacial score (nSPS) is 12.5. The van der Waals surface area contributed by atoms with Gasteiger partial charge in [-0.05, 0) is 18.8 Å². The van der Waals surface area contributed by atoms with Crippen molar-refractivity contribution in [3.05, 3.63) is 0 Å². The van der Waals surface area contributed by atoms with Gasteiger partial charge in [0, 0.05) is 6.42 Å². The molecule has 1 unspecified atom stereocenters. The number of esters is 1. The number of unbranched alkanes of at least 4 members (excludes halogenated alkanes) is 2. The number of rotatable bonds is 9. The summed E-state index contributed by atoms with van der Waals surface area (Å²) in [7, 11) is 0.